The van der Waals surface area contributed by atoms with Crippen LogP contribution in [0.1, 0.15) is 29.8 Å². The van der Waals surface area contributed by atoms with E-state index in [0.717, 1.165) is 24.5 Å². The van der Waals surface area contributed by atoms with Gasteiger partial charge in [0.25, 0.3) is 0 Å². The fourth-order valence-electron chi connectivity index (χ4n) is 2.54. The molecule has 1 fully saturated rings. The molecule has 3 nitrogen and oxygen atoms in total. The lowest BCUT2D eigenvalue weighted by Crippen LogP contribution is -2.20. The summed E-state index contributed by atoms with van der Waals surface area (Å²) in [5, 5.41) is 3.55. The summed E-state index contributed by atoms with van der Waals surface area (Å²) in [5.41, 5.74) is 5.11. The number of fused-ring (bicyclic) bond motifs is 1. The van der Waals surface area contributed by atoms with E-state index >= 15 is 0 Å². The Morgan fingerprint density at radius 3 is 2.83 bits per heavy atom. The third-order valence-corrected chi connectivity index (χ3v) is 4.01. The Hall–Kier alpha value is -1.35. The van der Waals surface area contributed by atoms with Gasteiger partial charge in [0.2, 0.25) is 0 Å². The van der Waals surface area contributed by atoms with Gasteiger partial charge in [-0.15, -0.1) is 0 Å². The van der Waals surface area contributed by atoms with E-state index < -0.39 is 0 Å². The normalized spacial score (nSPS) is 15.5. The number of rotatable bonds is 4. The number of aromatic nitrogens is 2. The molecule has 1 N–H and O–H groups in total. The standard InChI is InChI=1S/C15H21N3/c1-10-4-7-13-15(11(10)2)18(3)14(17-13)8-9-16-12-5-6-12/h4,7,12,16H,5-6,8-9H2,1-3H3. The second-order valence-electron chi connectivity index (χ2n) is 5.44. The van der Waals surface area contributed by atoms with Crippen LogP contribution < -0.4 is 5.32 Å². The van der Waals surface area contributed by atoms with Crippen LogP contribution >= 0.6 is 0 Å². The minimum absolute atomic E-state index is 0.781. The zero-order valence-electron chi connectivity index (χ0n) is 11.5. The van der Waals surface area contributed by atoms with Gasteiger partial charge in [-0.05, 0) is 43.9 Å². The Bertz CT molecular complexity index is 579. The van der Waals surface area contributed by atoms with Crippen molar-refractivity contribution in [2.24, 2.45) is 7.05 Å². The third kappa shape index (κ3) is 2.03. The second-order valence-corrected chi connectivity index (χ2v) is 5.44. The molecule has 1 aliphatic carbocycles. The van der Waals surface area contributed by atoms with Crippen molar-refractivity contribution in [1.82, 2.24) is 14.9 Å². The van der Waals surface area contributed by atoms with Crippen LogP contribution in [-0.2, 0) is 13.5 Å². The molecule has 0 bridgehead atoms. The van der Waals surface area contributed by atoms with E-state index in [1.807, 2.05) is 0 Å². The maximum absolute atomic E-state index is 4.75. The van der Waals surface area contributed by atoms with Crippen molar-refractivity contribution < 1.29 is 0 Å². The van der Waals surface area contributed by atoms with Gasteiger partial charge in [0.15, 0.2) is 0 Å². The van der Waals surface area contributed by atoms with Gasteiger partial charge in [0.05, 0.1) is 11.0 Å². The number of hydrogen-bond donors (Lipinski definition) is 1. The van der Waals surface area contributed by atoms with Gasteiger partial charge in [-0.2, -0.15) is 0 Å². The average molecular weight is 243 g/mol. The Morgan fingerprint density at radius 2 is 2.11 bits per heavy atom. The fourth-order valence-corrected chi connectivity index (χ4v) is 2.54. The Morgan fingerprint density at radius 1 is 1.33 bits per heavy atom. The monoisotopic (exact) mass is 243 g/mol. The first-order valence-electron chi connectivity index (χ1n) is 6.81. The van der Waals surface area contributed by atoms with Gasteiger partial charge in [0.1, 0.15) is 5.82 Å². The van der Waals surface area contributed by atoms with Crippen LogP contribution in [0.15, 0.2) is 12.1 Å². The summed E-state index contributed by atoms with van der Waals surface area (Å²) in [6.07, 6.45) is 3.71. The number of nitrogens with zero attached hydrogens (tertiary/aromatic N) is 2. The summed E-state index contributed by atoms with van der Waals surface area (Å²) >= 11 is 0. The molecule has 0 radical (unpaired) electrons. The van der Waals surface area contributed by atoms with Crippen LogP contribution in [0.4, 0.5) is 0 Å². The summed E-state index contributed by atoms with van der Waals surface area (Å²) in [6.45, 7) is 5.39. The van der Waals surface area contributed by atoms with Gasteiger partial charge in [0, 0.05) is 26.1 Å². The highest BCUT2D eigenvalue weighted by atomic mass is 15.1. The first kappa shape index (κ1) is 11.7. The van der Waals surface area contributed by atoms with Gasteiger partial charge in [-0.3, -0.25) is 0 Å². The van der Waals surface area contributed by atoms with Crippen LogP contribution in [0, 0.1) is 13.8 Å². The number of nitrogens with one attached hydrogen (secondary N) is 1. The molecule has 1 aliphatic rings. The SMILES string of the molecule is Cc1ccc2nc(CCNC3CC3)n(C)c2c1C. The van der Waals surface area contributed by atoms with Crippen molar-refractivity contribution in [3.8, 4) is 0 Å². The van der Waals surface area contributed by atoms with Crippen molar-refractivity contribution >= 4 is 11.0 Å². The summed E-state index contributed by atoms with van der Waals surface area (Å²) < 4.78 is 2.26. The van der Waals surface area contributed by atoms with Crippen LogP contribution in [0.5, 0.6) is 0 Å². The molecule has 0 unspecified atom stereocenters. The van der Waals surface area contributed by atoms with Crippen LogP contribution in [0.3, 0.4) is 0 Å². The summed E-state index contributed by atoms with van der Waals surface area (Å²) in [7, 11) is 2.13. The van der Waals surface area contributed by atoms with E-state index in [0.29, 0.717) is 0 Å². The van der Waals surface area contributed by atoms with E-state index in [9.17, 15) is 0 Å². The largest absolute Gasteiger partial charge is 0.331 e. The molecule has 0 saturated heterocycles. The quantitative estimate of drug-likeness (QED) is 0.894. The van der Waals surface area contributed by atoms with Gasteiger partial charge < -0.3 is 9.88 Å². The maximum Gasteiger partial charge on any atom is 0.110 e. The molecule has 3 rings (SSSR count). The predicted octanol–water partition coefficient (Wildman–Crippen LogP) is 2.48. The highest BCUT2D eigenvalue weighted by Gasteiger charge is 2.20. The number of hydrogen-bond acceptors (Lipinski definition) is 2. The maximum atomic E-state index is 4.75. The number of benzene rings is 1. The number of imidazole rings is 1. The zero-order chi connectivity index (χ0) is 12.7. The highest BCUT2D eigenvalue weighted by molar-refractivity contribution is 5.80. The Balaban J connectivity index is 1.87. The molecule has 0 amide bonds. The van der Waals surface area contributed by atoms with E-state index in [2.05, 4.69) is 42.9 Å². The van der Waals surface area contributed by atoms with Crippen molar-refractivity contribution in [3.05, 3.63) is 29.1 Å². The summed E-state index contributed by atoms with van der Waals surface area (Å²) in [4.78, 5) is 4.75. The second kappa shape index (κ2) is 4.39. The minimum Gasteiger partial charge on any atom is -0.331 e. The van der Waals surface area contributed by atoms with E-state index in [4.69, 9.17) is 4.98 Å². The first-order chi connectivity index (χ1) is 8.66. The molecule has 96 valence electrons. The molecule has 18 heavy (non-hydrogen) atoms. The average Bonchev–Trinajstić information content (AvgIpc) is 3.10. The Labute approximate surface area is 108 Å². The Kier molecular flexibility index (Phi) is 2.86. The smallest absolute Gasteiger partial charge is 0.110 e. The van der Waals surface area contributed by atoms with Crippen molar-refractivity contribution in [2.45, 2.75) is 39.2 Å². The van der Waals surface area contributed by atoms with Crippen LogP contribution in [0.2, 0.25) is 0 Å². The fraction of sp³-hybridized carbons (Fsp3) is 0.533. The minimum atomic E-state index is 0.781. The van der Waals surface area contributed by atoms with Crippen molar-refractivity contribution in [1.29, 1.82) is 0 Å². The topological polar surface area (TPSA) is 29.9 Å². The molecular weight excluding hydrogens is 222 g/mol. The molecule has 3 heteroatoms. The molecule has 1 aromatic carbocycles. The van der Waals surface area contributed by atoms with E-state index in [1.54, 1.807) is 0 Å². The number of aryl methyl sites for hydroxylation is 3. The lowest BCUT2D eigenvalue weighted by molar-refractivity contribution is 0.654. The molecule has 0 spiro atoms. The van der Waals surface area contributed by atoms with E-state index in [-0.39, 0.29) is 0 Å². The lowest BCUT2D eigenvalue weighted by Gasteiger charge is -2.06. The molecule has 1 saturated carbocycles. The van der Waals surface area contributed by atoms with Crippen LogP contribution in [0.25, 0.3) is 11.0 Å². The predicted molar refractivity (Wildman–Crippen MR) is 74.9 cm³/mol. The molecule has 1 heterocycles. The van der Waals surface area contributed by atoms with Crippen LogP contribution in [-0.4, -0.2) is 22.1 Å². The van der Waals surface area contributed by atoms with Gasteiger partial charge in [-0.25, -0.2) is 4.98 Å². The lowest BCUT2D eigenvalue weighted by atomic mass is 10.1. The molecule has 0 atom stereocenters. The van der Waals surface area contributed by atoms with E-state index in [1.165, 1.54) is 35.3 Å². The molecule has 0 aliphatic heterocycles. The van der Waals surface area contributed by atoms with Gasteiger partial charge >= 0.3 is 0 Å². The molecule has 1 aromatic heterocycles. The van der Waals surface area contributed by atoms with Crippen molar-refractivity contribution in [2.75, 3.05) is 6.54 Å². The summed E-state index contributed by atoms with van der Waals surface area (Å²) in [6, 6.07) is 5.08. The van der Waals surface area contributed by atoms with Crippen molar-refractivity contribution in [3.63, 3.8) is 0 Å². The zero-order valence-corrected chi connectivity index (χ0v) is 11.5. The third-order valence-electron chi connectivity index (χ3n) is 4.01. The summed E-state index contributed by atoms with van der Waals surface area (Å²) in [5.74, 6) is 1.19. The van der Waals surface area contributed by atoms with Gasteiger partial charge in [-0.1, -0.05) is 6.07 Å². The first-order valence-corrected chi connectivity index (χ1v) is 6.81. The highest BCUT2D eigenvalue weighted by Crippen LogP contribution is 2.22. The molecule has 2 aromatic rings. The molecular formula is C15H21N3.